The number of benzene rings is 7. The highest BCUT2D eigenvalue weighted by molar-refractivity contribution is 6.13. The van der Waals surface area contributed by atoms with Crippen LogP contribution in [-0.2, 0) is 0 Å². The first-order valence-electron chi connectivity index (χ1n) is 14.3. The van der Waals surface area contributed by atoms with E-state index in [0.717, 1.165) is 39.0 Å². The molecule has 0 unspecified atom stereocenters. The molecule has 8 rings (SSSR count). The molecule has 2 nitrogen and oxygen atoms in total. The van der Waals surface area contributed by atoms with Crippen molar-refractivity contribution in [1.82, 2.24) is 0 Å². The van der Waals surface area contributed by atoms with Crippen LogP contribution in [0, 0.1) is 0 Å². The van der Waals surface area contributed by atoms with Gasteiger partial charge in [-0.15, -0.1) is 0 Å². The summed E-state index contributed by atoms with van der Waals surface area (Å²) in [7, 11) is 0. The van der Waals surface area contributed by atoms with Crippen molar-refractivity contribution in [2.45, 2.75) is 0 Å². The number of anilines is 3. The highest BCUT2D eigenvalue weighted by atomic mass is 16.3. The molecule has 0 fully saturated rings. The molecule has 0 atom stereocenters. The highest BCUT2D eigenvalue weighted by Gasteiger charge is 2.22. The van der Waals surface area contributed by atoms with Crippen LogP contribution in [0.5, 0.6) is 0 Å². The number of hydrogen-bond donors (Lipinski definition) is 0. The lowest BCUT2D eigenvalue weighted by Gasteiger charge is -2.29. The number of furan rings is 1. The third-order valence-corrected chi connectivity index (χ3v) is 8.04. The van der Waals surface area contributed by atoms with Crippen LogP contribution < -0.4 is 4.90 Å². The molecule has 0 aliphatic rings. The molecular weight excluding hydrogens is 510 g/mol. The fourth-order valence-corrected chi connectivity index (χ4v) is 6.07. The Morgan fingerprint density at radius 1 is 0.405 bits per heavy atom. The zero-order valence-electron chi connectivity index (χ0n) is 22.9. The van der Waals surface area contributed by atoms with Crippen LogP contribution in [0.25, 0.3) is 55.0 Å². The van der Waals surface area contributed by atoms with E-state index in [4.69, 9.17) is 4.42 Å². The molecule has 0 saturated heterocycles. The Hall–Kier alpha value is -5.60. The third-order valence-electron chi connectivity index (χ3n) is 8.04. The van der Waals surface area contributed by atoms with Crippen molar-refractivity contribution in [2.75, 3.05) is 4.90 Å². The fourth-order valence-electron chi connectivity index (χ4n) is 6.07. The standard InChI is InChI=1S/C40H27NO/c1-2-13-29(14-3-1)34-18-6-8-20-36(34)41(37-21-11-23-39-40(37)35-19-7-9-22-38(35)42-39)33-17-10-16-31(27-33)32-25-24-28-12-4-5-15-30(28)26-32/h1-27H. The summed E-state index contributed by atoms with van der Waals surface area (Å²) in [5, 5.41) is 4.69. The van der Waals surface area contributed by atoms with Crippen molar-refractivity contribution in [3.8, 4) is 22.3 Å². The zero-order chi connectivity index (χ0) is 27.9. The van der Waals surface area contributed by atoms with Crippen molar-refractivity contribution in [1.29, 1.82) is 0 Å². The molecule has 0 bridgehead atoms. The van der Waals surface area contributed by atoms with E-state index >= 15 is 0 Å². The minimum atomic E-state index is 0.876. The summed E-state index contributed by atoms with van der Waals surface area (Å²) in [6, 6.07) is 58.0. The van der Waals surface area contributed by atoms with E-state index in [1.807, 2.05) is 12.1 Å². The fraction of sp³-hybridized carbons (Fsp3) is 0. The summed E-state index contributed by atoms with van der Waals surface area (Å²) in [6.45, 7) is 0. The van der Waals surface area contributed by atoms with Crippen molar-refractivity contribution in [2.24, 2.45) is 0 Å². The second-order valence-corrected chi connectivity index (χ2v) is 10.6. The molecule has 0 saturated carbocycles. The second-order valence-electron chi connectivity index (χ2n) is 10.6. The van der Waals surface area contributed by atoms with Gasteiger partial charge in [0.1, 0.15) is 11.2 Å². The van der Waals surface area contributed by atoms with E-state index in [9.17, 15) is 0 Å². The Morgan fingerprint density at radius 3 is 2.00 bits per heavy atom. The van der Waals surface area contributed by atoms with Gasteiger partial charge in [0.15, 0.2) is 0 Å². The quantitative estimate of drug-likeness (QED) is 0.217. The van der Waals surface area contributed by atoms with Crippen molar-refractivity contribution < 1.29 is 4.42 Å². The Kier molecular flexibility index (Phi) is 5.82. The molecule has 0 N–H and O–H groups in total. The average molecular weight is 538 g/mol. The minimum absolute atomic E-state index is 0.876. The normalized spacial score (nSPS) is 11.3. The zero-order valence-corrected chi connectivity index (χ0v) is 22.9. The molecule has 1 aromatic heterocycles. The molecule has 0 aliphatic carbocycles. The van der Waals surface area contributed by atoms with E-state index < -0.39 is 0 Å². The first kappa shape index (κ1) is 24.2. The summed E-state index contributed by atoms with van der Waals surface area (Å²) in [5.41, 5.74) is 9.74. The van der Waals surface area contributed by atoms with E-state index in [1.54, 1.807) is 0 Å². The molecule has 2 heteroatoms. The van der Waals surface area contributed by atoms with E-state index in [1.165, 1.54) is 33.0 Å². The number of hydrogen-bond acceptors (Lipinski definition) is 2. The Balaban J connectivity index is 1.39. The van der Waals surface area contributed by atoms with Crippen LogP contribution in [0.1, 0.15) is 0 Å². The highest BCUT2D eigenvalue weighted by Crippen LogP contribution is 2.46. The lowest BCUT2D eigenvalue weighted by molar-refractivity contribution is 0.669. The van der Waals surface area contributed by atoms with Gasteiger partial charge >= 0.3 is 0 Å². The topological polar surface area (TPSA) is 16.4 Å². The van der Waals surface area contributed by atoms with Crippen molar-refractivity contribution in [3.63, 3.8) is 0 Å². The molecule has 198 valence electrons. The van der Waals surface area contributed by atoms with E-state index in [-0.39, 0.29) is 0 Å². The molecule has 0 amide bonds. The van der Waals surface area contributed by atoms with Crippen molar-refractivity contribution >= 4 is 49.8 Å². The largest absolute Gasteiger partial charge is 0.456 e. The minimum Gasteiger partial charge on any atom is -0.456 e. The van der Waals surface area contributed by atoms with Crippen LogP contribution in [0.2, 0.25) is 0 Å². The van der Waals surface area contributed by atoms with Gasteiger partial charge in [0.25, 0.3) is 0 Å². The molecule has 7 aromatic carbocycles. The van der Waals surface area contributed by atoms with Gasteiger partial charge in [-0.25, -0.2) is 0 Å². The maximum absolute atomic E-state index is 6.34. The van der Waals surface area contributed by atoms with Crippen molar-refractivity contribution in [3.05, 3.63) is 164 Å². The second kappa shape index (κ2) is 10.1. The summed E-state index contributed by atoms with van der Waals surface area (Å²) in [4.78, 5) is 2.39. The molecule has 42 heavy (non-hydrogen) atoms. The van der Waals surface area contributed by atoms with Crippen LogP contribution in [-0.4, -0.2) is 0 Å². The summed E-state index contributed by atoms with van der Waals surface area (Å²) in [5.74, 6) is 0. The predicted molar refractivity (Wildman–Crippen MR) is 177 cm³/mol. The first-order chi connectivity index (χ1) is 20.8. The van der Waals surface area contributed by atoms with Gasteiger partial charge in [-0.2, -0.15) is 0 Å². The Bertz CT molecular complexity index is 2210. The smallest absolute Gasteiger partial charge is 0.137 e. The summed E-state index contributed by atoms with van der Waals surface area (Å²) >= 11 is 0. The third kappa shape index (κ3) is 4.13. The Morgan fingerprint density at radius 2 is 1.07 bits per heavy atom. The van der Waals surface area contributed by atoms with E-state index in [2.05, 4.69) is 157 Å². The lowest BCUT2D eigenvalue weighted by atomic mass is 9.99. The van der Waals surface area contributed by atoms with Gasteiger partial charge in [0, 0.05) is 16.6 Å². The molecular formula is C40H27NO. The lowest BCUT2D eigenvalue weighted by Crippen LogP contribution is -2.11. The van der Waals surface area contributed by atoms with Gasteiger partial charge in [-0.1, -0.05) is 121 Å². The first-order valence-corrected chi connectivity index (χ1v) is 14.3. The number of fused-ring (bicyclic) bond motifs is 4. The Labute approximate surface area is 244 Å². The average Bonchev–Trinajstić information content (AvgIpc) is 3.45. The maximum Gasteiger partial charge on any atom is 0.137 e. The molecule has 1 heterocycles. The molecule has 0 spiro atoms. The number of rotatable bonds is 5. The van der Waals surface area contributed by atoms with Crippen LogP contribution in [0.15, 0.2) is 168 Å². The van der Waals surface area contributed by atoms with Gasteiger partial charge in [-0.05, 0) is 69.9 Å². The van der Waals surface area contributed by atoms with Gasteiger partial charge in [0.05, 0.1) is 16.8 Å². The van der Waals surface area contributed by atoms with Gasteiger partial charge in [-0.3, -0.25) is 0 Å². The van der Waals surface area contributed by atoms with E-state index in [0.29, 0.717) is 0 Å². The molecule has 0 aliphatic heterocycles. The number of nitrogens with zero attached hydrogens (tertiary/aromatic N) is 1. The maximum atomic E-state index is 6.34. The van der Waals surface area contributed by atoms with Crippen LogP contribution in [0.4, 0.5) is 17.1 Å². The number of para-hydroxylation sites is 2. The van der Waals surface area contributed by atoms with Gasteiger partial charge in [0.2, 0.25) is 0 Å². The predicted octanol–water partition coefficient (Wildman–Crippen LogP) is 11.5. The monoisotopic (exact) mass is 537 g/mol. The van der Waals surface area contributed by atoms with Crippen LogP contribution in [0.3, 0.4) is 0 Å². The summed E-state index contributed by atoms with van der Waals surface area (Å²) < 4.78 is 6.34. The molecule has 8 aromatic rings. The molecule has 0 radical (unpaired) electrons. The van der Waals surface area contributed by atoms with Crippen LogP contribution >= 0.6 is 0 Å². The van der Waals surface area contributed by atoms with Gasteiger partial charge < -0.3 is 9.32 Å². The summed E-state index contributed by atoms with van der Waals surface area (Å²) in [6.07, 6.45) is 0. The SMILES string of the molecule is c1ccc(-c2ccccc2N(c2cccc(-c3ccc4ccccc4c3)c2)c2cccc3oc4ccccc4c23)cc1.